The number of nitrogens with one attached hydrogen (secondary N) is 3. The molecule has 2 amide bonds. The second-order valence-electron chi connectivity index (χ2n) is 8.57. The van der Waals surface area contributed by atoms with Crippen LogP contribution in [0.1, 0.15) is 29.9 Å². The third kappa shape index (κ3) is 5.27. The summed E-state index contributed by atoms with van der Waals surface area (Å²) in [5, 5.41) is 6.65. The number of para-hydroxylation sites is 1. The Labute approximate surface area is 204 Å². The van der Waals surface area contributed by atoms with Crippen molar-refractivity contribution in [2.45, 2.75) is 24.5 Å². The van der Waals surface area contributed by atoms with E-state index in [1.807, 2.05) is 30.5 Å². The van der Waals surface area contributed by atoms with E-state index in [0.717, 1.165) is 48.3 Å². The first-order chi connectivity index (χ1) is 17.1. The summed E-state index contributed by atoms with van der Waals surface area (Å²) < 4.78 is 22.3. The second kappa shape index (κ2) is 10.1. The van der Waals surface area contributed by atoms with Crippen molar-refractivity contribution in [3.63, 3.8) is 0 Å². The average Bonchev–Trinajstić information content (AvgIpc) is 3.34. The van der Waals surface area contributed by atoms with E-state index in [1.54, 1.807) is 30.6 Å². The zero-order valence-electron chi connectivity index (χ0n) is 19.0. The van der Waals surface area contributed by atoms with E-state index in [2.05, 4.69) is 36.6 Å². The van der Waals surface area contributed by atoms with Gasteiger partial charge in [0, 0.05) is 36.6 Å². The predicted molar refractivity (Wildman–Crippen MR) is 138 cm³/mol. The molecule has 0 radical (unpaired) electrons. The van der Waals surface area contributed by atoms with Crippen LogP contribution in [0.15, 0.2) is 67.1 Å². The molecule has 1 fully saturated rings. The molecular formula is C25H26N6O3S. The molecule has 3 heterocycles. The molecule has 0 aliphatic carbocycles. The number of H-pyrrole nitrogens is 1. The van der Waals surface area contributed by atoms with Crippen molar-refractivity contribution in [2.75, 3.05) is 28.6 Å². The van der Waals surface area contributed by atoms with Gasteiger partial charge >= 0.3 is 6.03 Å². The molecule has 2 aromatic carbocycles. The number of rotatable bonds is 6. The molecule has 1 aliphatic heterocycles. The number of carbonyl (C=O) groups is 1. The fourth-order valence-corrected chi connectivity index (χ4v) is 5.18. The minimum atomic E-state index is -2.59. The molecular weight excluding hydrogens is 464 g/mol. The van der Waals surface area contributed by atoms with Gasteiger partial charge in [0.15, 0.2) is 0 Å². The number of aromatic nitrogens is 3. The molecule has 1 aliphatic rings. The summed E-state index contributed by atoms with van der Waals surface area (Å²) in [6.07, 6.45) is 5.56. The molecule has 0 saturated carbocycles. The van der Waals surface area contributed by atoms with Gasteiger partial charge in [0.2, 0.25) is 0 Å². The maximum atomic E-state index is 12.6. The van der Waals surface area contributed by atoms with Crippen LogP contribution < -0.4 is 15.5 Å². The number of thiol groups is 1. The zero-order valence-corrected chi connectivity index (χ0v) is 19.9. The summed E-state index contributed by atoms with van der Waals surface area (Å²) in [5.74, 6) is 1.11. The molecule has 5 rings (SSSR count). The fourth-order valence-electron chi connectivity index (χ4n) is 4.63. The van der Waals surface area contributed by atoms with Crippen LogP contribution in [0, 0.1) is 0 Å². The molecule has 4 aromatic rings. The van der Waals surface area contributed by atoms with Gasteiger partial charge < -0.3 is 20.5 Å². The zero-order chi connectivity index (χ0) is 24.2. The fraction of sp³-hybridized carbons (Fsp3) is 0.240. The number of carbonyl (C=O) groups excluding carboxylic acids is 1. The van der Waals surface area contributed by atoms with Gasteiger partial charge in [0.05, 0.1) is 11.1 Å². The lowest BCUT2D eigenvalue weighted by Gasteiger charge is -2.34. The first-order valence-corrected chi connectivity index (χ1v) is 12.8. The first kappa shape index (κ1) is 22.9. The Bertz CT molecular complexity index is 1430. The number of piperidine rings is 1. The third-order valence-electron chi connectivity index (χ3n) is 6.23. The number of aromatic amines is 1. The number of hydrogen-bond acceptors (Lipinski definition) is 6. The Hall–Kier alpha value is -3.92. The number of amides is 2. The van der Waals surface area contributed by atoms with E-state index in [4.69, 9.17) is 0 Å². The summed E-state index contributed by atoms with van der Waals surface area (Å²) in [4.78, 5) is 26.9. The summed E-state index contributed by atoms with van der Waals surface area (Å²) in [7, 11) is -2.59. The number of hydrogen-bond donors (Lipinski definition) is 4. The average molecular weight is 491 g/mol. The molecule has 180 valence electrons. The van der Waals surface area contributed by atoms with Crippen LogP contribution in [0.25, 0.3) is 11.0 Å². The molecule has 35 heavy (non-hydrogen) atoms. The van der Waals surface area contributed by atoms with Crippen LogP contribution in [-0.2, 0) is 16.5 Å². The normalized spacial score (nSPS) is 15.9. The number of urea groups is 1. The molecule has 10 heteroatoms. The Morgan fingerprint density at radius 3 is 2.86 bits per heavy atom. The van der Waals surface area contributed by atoms with Gasteiger partial charge in [0.1, 0.15) is 28.5 Å². The number of fused-ring (bicyclic) bond motifs is 1. The molecule has 1 saturated heterocycles. The van der Waals surface area contributed by atoms with Crippen molar-refractivity contribution in [1.29, 1.82) is 0 Å². The van der Waals surface area contributed by atoms with Crippen molar-refractivity contribution in [3.8, 4) is 0 Å². The van der Waals surface area contributed by atoms with Crippen LogP contribution in [0.5, 0.6) is 0 Å². The maximum absolute atomic E-state index is 12.6. The molecule has 2 aromatic heterocycles. The minimum Gasteiger partial charge on any atom is -0.355 e. The Morgan fingerprint density at radius 1 is 1.09 bits per heavy atom. The third-order valence-corrected chi connectivity index (χ3v) is 6.83. The highest BCUT2D eigenvalue weighted by Gasteiger charge is 2.24. The Kier molecular flexibility index (Phi) is 6.62. The molecule has 1 unspecified atom stereocenters. The van der Waals surface area contributed by atoms with Crippen molar-refractivity contribution in [1.82, 2.24) is 15.0 Å². The predicted octanol–water partition coefficient (Wildman–Crippen LogP) is 4.10. The van der Waals surface area contributed by atoms with E-state index in [9.17, 15) is 13.2 Å². The minimum absolute atomic E-state index is 0.124. The second-order valence-corrected chi connectivity index (χ2v) is 9.56. The van der Waals surface area contributed by atoms with E-state index >= 15 is 0 Å². The van der Waals surface area contributed by atoms with Gasteiger partial charge in [-0.2, -0.15) is 0 Å². The SMILES string of the molecule is O=C(Nc1cccc(C2CCCN(c3ncnc4[nH]ccc34)C2)c1)Nc1ccccc1C[SH](=O)=O. The van der Waals surface area contributed by atoms with Crippen LogP contribution in [0.4, 0.5) is 22.0 Å². The summed E-state index contributed by atoms with van der Waals surface area (Å²) in [6.45, 7) is 1.76. The lowest BCUT2D eigenvalue weighted by Crippen LogP contribution is -2.35. The van der Waals surface area contributed by atoms with Crippen molar-refractivity contribution in [2.24, 2.45) is 0 Å². The highest BCUT2D eigenvalue weighted by molar-refractivity contribution is 7.71. The van der Waals surface area contributed by atoms with Crippen molar-refractivity contribution in [3.05, 3.63) is 78.2 Å². The van der Waals surface area contributed by atoms with Crippen LogP contribution in [0.3, 0.4) is 0 Å². The summed E-state index contributed by atoms with van der Waals surface area (Å²) in [6, 6.07) is 16.3. The van der Waals surface area contributed by atoms with E-state index in [0.29, 0.717) is 22.9 Å². The molecule has 0 spiro atoms. The standard InChI is InChI=1S/C25H26N6O3S/c32-25(30-22-9-2-1-5-19(22)15-35(33)34)29-20-8-3-6-17(13-20)18-7-4-12-31(14-18)24-21-10-11-26-23(21)27-16-28-24/h1-3,5-6,8-11,13,16,18,35H,4,7,12,14-15H2,(H,26,27,28)(H2,29,30,32). The number of benzene rings is 2. The van der Waals surface area contributed by atoms with Gasteiger partial charge in [-0.3, -0.25) is 0 Å². The van der Waals surface area contributed by atoms with Gasteiger partial charge in [-0.15, -0.1) is 0 Å². The van der Waals surface area contributed by atoms with Gasteiger partial charge in [-0.05, 0) is 48.2 Å². The lowest BCUT2D eigenvalue weighted by molar-refractivity contribution is 0.262. The largest absolute Gasteiger partial charge is 0.355 e. The lowest BCUT2D eigenvalue weighted by atomic mass is 9.90. The first-order valence-electron chi connectivity index (χ1n) is 11.5. The number of nitrogens with zero attached hydrogens (tertiary/aromatic N) is 3. The van der Waals surface area contributed by atoms with E-state index in [1.165, 1.54) is 0 Å². The number of anilines is 3. The maximum Gasteiger partial charge on any atom is 0.323 e. The molecule has 0 bridgehead atoms. The molecule has 1 atom stereocenters. The van der Waals surface area contributed by atoms with Gasteiger partial charge in [-0.1, -0.05) is 30.3 Å². The highest BCUT2D eigenvalue weighted by atomic mass is 32.2. The highest BCUT2D eigenvalue weighted by Crippen LogP contribution is 2.32. The summed E-state index contributed by atoms with van der Waals surface area (Å²) >= 11 is 0. The quantitative estimate of drug-likeness (QED) is 0.302. The topological polar surface area (TPSA) is 120 Å². The van der Waals surface area contributed by atoms with Crippen LogP contribution in [-0.4, -0.2) is 42.5 Å². The Balaban J connectivity index is 1.28. The van der Waals surface area contributed by atoms with E-state index < -0.39 is 16.7 Å². The molecule has 9 nitrogen and oxygen atoms in total. The van der Waals surface area contributed by atoms with Gasteiger partial charge in [0.25, 0.3) is 0 Å². The van der Waals surface area contributed by atoms with Crippen LogP contribution >= 0.6 is 0 Å². The Morgan fingerprint density at radius 2 is 1.97 bits per heavy atom. The van der Waals surface area contributed by atoms with Crippen molar-refractivity contribution < 1.29 is 13.2 Å². The van der Waals surface area contributed by atoms with E-state index in [-0.39, 0.29) is 5.75 Å². The smallest absolute Gasteiger partial charge is 0.323 e. The van der Waals surface area contributed by atoms with Crippen molar-refractivity contribution >= 4 is 45.0 Å². The monoisotopic (exact) mass is 490 g/mol. The summed E-state index contributed by atoms with van der Waals surface area (Å²) in [5.41, 5.74) is 3.69. The van der Waals surface area contributed by atoms with Crippen LogP contribution in [0.2, 0.25) is 0 Å². The molecule has 3 N–H and O–H groups in total. The van der Waals surface area contributed by atoms with Gasteiger partial charge in [-0.25, -0.2) is 23.2 Å².